The molecule has 0 saturated carbocycles. The van der Waals surface area contributed by atoms with Gasteiger partial charge in [-0.2, -0.15) is 0 Å². The Kier molecular flexibility index (Phi) is 10.2. The molecule has 1 aliphatic heterocycles. The summed E-state index contributed by atoms with van der Waals surface area (Å²) >= 11 is 0. The molecule has 0 bridgehead atoms. The zero-order valence-corrected chi connectivity index (χ0v) is 12.6. The van der Waals surface area contributed by atoms with Crippen LogP contribution in [-0.4, -0.2) is 32.1 Å². The fraction of sp³-hybridized carbons (Fsp3) is 0.812. The van der Waals surface area contributed by atoms with E-state index in [4.69, 9.17) is 14.2 Å². The molecule has 0 aromatic carbocycles. The van der Waals surface area contributed by atoms with Crippen LogP contribution in [0.2, 0.25) is 0 Å². The first kappa shape index (κ1) is 17.2. The van der Waals surface area contributed by atoms with Gasteiger partial charge in [0.2, 0.25) is 0 Å². The number of esters is 1. The van der Waals surface area contributed by atoms with Crippen LogP contribution in [-0.2, 0) is 19.0 Å². The van der Waals surface area contributed by atoms with Crippen molar-refractivity contribution >= 4 is 5.97 Å². The lowest BCUT2D eigenvalue weighted by Crippen LogP contribution is -2.22. The molecule has 4 nitrogen and oxygen atoms in total. The Bertz CT molecular complexity index is 270. The van der Waals surface area contributed by atoms with E-state index in [0.717, 1.165) is 38.9 Å². The van der Waals surface area contributed by atoms with Gasteiger partial charge in [-0.05, 0) is 45.4 Å². The van der Waals surface area contributed by atoms with Crippen molar-refractivity contribution < 1.29 is 19.0 Å². The molecule has 1 heterocycles. The molecule has 0 unspecified atom stereocenters. The van der Waals surface area contributed by atoms with Crippen molar-refractivity contribution in [2.24, 2.45) is 0 Å². The van der Waals surface area contributed by atoms with E-state index in [9.17, 15) is 4.79 Å². The van der Waals surface area contributed by atoms with Crippen LogP contribution in [0.5, 0.6) is 0 Å². The molecule has 0 aromatic rings. The number of unbranched alkanes of at least 4 members (excludes halogenated alkanes) is 4. The first-order valence-electron chi connectivity index (χ1n) is 7.89. The van der Waals surface area contributed by atoms with Crippen molar-refractivity contribution in [3.05, 3.63) is 12.2 Å². The van der Waals surface area contributed by atoms with Gasteiger partial charge in [0, 0.05) is 19.3 Å². The van der Waals surface area contributed by atoms with Crippen molar-refractivity contribution in [1.29, 1.82) is 0 Å². The van der Waals surface area contributed by atoms with Gasteiger partial charge in [0.05, 0.1) is 6.61 Å². The smallest absolute Gasteiger partial charge is 0.330 e. The SMILES string of the molecule is CCOC(=O)/C=C/CCCCCCO[C@H]1CCCCO1. The summed E-state index contributed by atoms with van der Waals surface area (Å²) in [7, 11) is 0. The number of rotatable bonds is 10. The third-order valence-corrected chi connectivity index (χ3v) is 3.25. The van der Waals surface area contributed by atoms with Crippen LogP contribution in [0.25, 0.3) is 0 Å². The minimum Gasteiger partial charge on any atom is -0.463 e. The molecule has 1 rings (SSSR count). The van der Waals surface area contributed by atoms with E-state index in [0.29, 0.717) is 6.61 Å². The molecule has 1 saturated heterocycles. The number of allylic oxidation sites excluding steroid dienone is 1. The van der Waals surface area contributed by atoms with Gasteiger partial charge in [-0.1, -0.05) is 18.9 Å². The molecular weight excluding hydrogens is 256 g/mol. The summed E-state index contributed by atoms with van der Waals surface area (Å²) < 4.78 is 16.0. The predicted octanol–water partition coefficient (Wildman–Crippen LogP) is 3.60. The van der Waals surface area contributed by atoms with Crippen LogP contribution in [0.15, 0.2) is 12.2 Å². The fourth-order valence-corrected chi connectivity index (χ4v) is 2.15. The second kappa shape index (κ2) is 11.9. The molecule has 0 spiro atoms. The minimum absolute atomic E-state index is 0.0382. The van der Waals surface area contributed by atoms with Crippen molar-refractivity contribution in [3.63, 3.8) is 0 Å². The highest BCUT2D eigenvalue weighted by atomic mass is 16.7. The Morgan fingerprint density at radius 1 is 1.25 bits per heavy atom. The number of carbonyl (C=O) groups is 1. The second-order valence-electron chi connectivity index (χ2n) is 5.02. The molecule has 1 aliphatic rings. The summed E-state index contributed by atoms with van der Waals surface area (Å²) in [6.45, 7) is 3.89. The molecule has 0 radical (unpaired) electrons. The normalized spacial score (nSPS) is 19.4. The van der Waals surface area contributed by atoms with Gasteiger partial charge in [0.25, 0.3) is 0 Å². The number of ether oxygens (including phenoxy) is 3. The molecule has 1 atom stereocenters. The summed E-state index contributed by atoms with van der Waals surface area (Å²) in [4.78, 5) is 11.0. The predicted molar refractivity (Wildman–Crippen MR) is 78.4 cm³/mol. The molecule has 20 heavy (non-hydrogen) atoms. The lowest BCUT2D eigenvalue weighted by Gasteiger charge is -2.22. The van der Waals surface area contributed by atoms with Gasteiger partial charge < -0.3 is 14.2 Å². The molecule has 0 N–H and O–H groups in total. The molecule has 0 aromatic heterocycles. The standard InChI is InChI=1S/C16H28O4/c1-2-18-15(17)11-7-5-3-4-6-9-13-19-16-12-8-10-14-20-16/h7,11,16H,2-6,8-10,12-14H2,1H3/b11-7+/t16-/m1/s1. The highest BCUT2D eigenvalue weighted by molar-refractivity contribution is 5.81. The average molecular weight is 284 g/mol. The van der Waals surface area contributed by atoms with E-state index in [1.54, 1.807) is 0 Å². The Morgan fingerprint density at radius 2 is 2.10 bits per heavy atom. The van der Waals surface area contributed by atoms with E-state index in [1.807, 2.05) is 13.0 Å². The van der Waals surface area contributed by atoms with Crippen molar-refractivity contribution in [2.45, 2.75) is 64.6 Å². The molecule has 116 valence electrons. The second-order valence-corrected chi connectivity index (χ2v) is 5.02. The van der Waals surface area contributed by atoms with Gasteiger partial charge in [0.1, 0.15) is 0 Å². The number of hydrogen-bond acceptors (Lipinski definition) is 4. The van der Waals surface area contributed by atoms with Crippen molar-refractivity contribution in [1.82, 2.24) is 0 Å². The maximum absolute atomic E-state index is 11.0. The Balaban J connectivity index is 1.83. The van der Waals surface area contributed by atoms with Gasteiger partial charge in [0.15, 0.2) is 6.29 Å². The Labute approximate surface area is 122 Å². The van der Waals surface area contributed by atoms with Gasteiger partial charge >= 0.3 is 5.97 Å². The van der Waals surface area contributed by atoms with Gasteiger partial charge in [-0.3, -0.25) is 0 Å². The molecule has 0 amide bonds. The number of hydrogen-bond donors (Lipinski definition) is 0. The summed E-state index contributed by atoms with van der Waals surface area (Å²) in [6.07, 6.45) is 12.3. The first-order valence-corrected chi connectivity index (χ1v) is 7.89. The van der Waals surface area contributed by atoms with Crippen LogP contribution in [0.1, 0.15) is 58.3 Å². The van der Waals surface area contributed by atoms with Crippen LogP contribution < -0.4 is 0 Å². The molecular formula is C16H28O4. The van der Waals surface area contributed by atoms with Crippen LogP contribution >= 0.6 is 0 Å². The van der Waals surface area contributed by atoms with E-state index in [1.165, 1.54) is 31.8 Å². The zero-order chi connectivity index (χ0) is 14.5. The van der Waals surface area contributed by atoms with E-state index in [2.05, 4.69) is 0 Å². The molecule has 4 heteroatoms. The van der Waals surface area contributed by atoms with Crippen LogP contribution in [0.4, 0.5) is 0 Å². The lowest BCUT2D eigenvalue weighted by atomic mass is 10.1. The zero-order valence-electron chi connectivity index (χ0n) is 12.6. The third kappa shape index (κ3) is 9.10. The summed E-state index contributed by atoms with van der Waals surface area (Å²) in [6, 6.07) is 0. The number of carbonyl (C=O) groups excluding carboxylic acids is 1. The van der Waals surface area contributed by atoms with Crippen molar-refractivity contribution in [3.8, 4) is 0 Å². The summed E-state index contributed by atoms with van der Waals surface area (Å²) in [5, 5.41) is 0. The largest absolute Gasteiger partial charge is 0.463 e. The highest BCUT2D eigenvalue weighted by Gasteiger charge is 2.13. The summed E-state index contributed by atoms with van der Waals surface area (Å²) in [5.41, 5.74) is 0. The highest BCUT2D eigenvalue weighted by Crippen LogP contribution is 2.14. The van der Waals surface area contributed by atoms with E-state index >= 15 is 0 Å². The monoisotopic (exact) mass is 284 g/mol. The Morgan fingerprint density at radius 3 is 2.85 bits per heavy atom. The Hall–Kier alpha value is -0.870. The molecule has 1 fully saturated rings. The quantitative estimate of drug-likeness (QED) is 0.349. The van der Waals surface area contributed by atoms with Crippen LogP contribution in [0.3, 0.4) is 0 Å². The summed E-state index contributed by atoms with van der Waals surface area (Å²) in [5.74, 6) is -0.242. The van der Waals surface area contributed by atoms with E-state index in [-0.39, 0.29) is 12.3 Å². The molecule has 0 aliphatic carbocycles. The minimum atomic E-state index is -0.242. The fourth-order valence-electron chi connectivity index (χ4n) is 2.15. The topological polar surface area (TPSA) is 44.8 Å². The average Bonchev–Trinajstić information content (AvgIpc) is 2.47. The van der Waals surface area contributed by atoms with Gasteiger partial charge in [-0.15, -0.1) is 0 Å². The maximum Gasteiger partial charge on any atom is 0.330 e. The van der Waals surface area contributed by atoms with Crippen molar-refractivity contribution in [2.75, 3.05) is 19.8 Å². The first-order chi connectivity index (χ1) is 9.83. The van der Waals surface area contributed by atoms with Crippen LogP contribution in [0, 0.1) is 0 Å². The lowest BCUT2D eigenvalue weighted by molar-refractivity contribution is -0.162. The van der Waals surface area contributed by atoms with E-state index < -0.39 is 0 Å². The third-order valence-electron chi connectivity index (χ3n) is 3.25. The van der Waals surface area contributed by atoms with Gasteiger partial charge in [-0.25, -0.2) is 4.79 Å². The maximum atomic E-state index is 11.0.